The standard InChI is InChI=1S/C24H25N5O2S/c1-14-8-9-15(2)19(12-14)26-23-28-29-22(31)18-11-10-16(13-20(18)27-24(29)32-23)21(30)25-17-6-4-3-5-7-17/h8-13,17H,3-7H2,1-2H3,(H,25,30)(H,26,28). The van der Waals surface area contributed by atoms with E-state index in [0.29, 0.717) is 26.6 Å². The Balaban J connectivity index is 1.47. The van der Waals surface area contributed by atoms with Crippen LogP contribution in [0.5, 0.6) is 0 Å². The maximum Gasteiger partial charge on any atom is 0.283 e. The van der Waals surface area contributed by atoms with Crippen molar-refractivity contribution in [2.24, 2.45) is 0 Å². The molecule has 2 N–H and O–H groups in total. The van der Waals surface area contributed by atoms with Crippen LogP contribution in [0.1, 0.15) is 53.6 Å². The van der Waals surface area contributed by atoms with Gasteiger partial charge >= 0.3 is 0 Å². The Morgan fingerprint density at radius 1 is 1.09 bits per heavy atom. The molecule has 0 bridgehead atoms. The van der Waals surface area contributed by atoms with Gasteiger partial charge in [0.15, 0.2) is 0 Å². The number of carbonyl (C=O) groups is 1. The maximum atomic E-state index is 13.0. The molecule has 1 aliphatic rings. The number of fused-ring (bicyclic) bond motifs is 2. The lowest BCUT2D eigenvalue weighted by Gasteiger charge is -2.22. The maximum absolute atomic E-state index is 13.0. The van der Waals surface area contributed by atoms with Crippen molar-refractivity contribution in [3.05, 3.63) is 63.4 Å². The minimum atomic E-state index is -0.241. The summed E-state index contributed by atoms with van der Waals surface area (Å²) >= 11 is 1.31. The molecular weight excluding hydrogens is 422 g/mol. The zero-order valence-corrected chi connectivity index (χ0v) is 19.0. The first-order chi connectivity index (χ1) is 15.5. The molecule has 1 saturated carbocycles. The van der Waals surface area contributed by atoms with Gasteiger partial charge in [-0.1, -0.05) is 42.7 Å². The highest BCUT2D eigenvalue weighted by atomic mass is 32.1. The Hall–Kier alpha value is -3.26. The van der Waals surface area contributed by atoms with E-state index in [1.165, 1.54) is 22.3 Å². The third kappa shape index (κ3) is 3.98. The molecule has 4 aromatic rings. The number of nitrogens with one attached hydrogen (secondary N) is 2. The number of hydrogen-bond donors (Lipinski definition) is 2. The molecule has 2 heterocycles. The van der Waals surface area contributed by atoms with E-state index in [-0.39, 0.29) is 17.5 Å². The van der Waals surface area contributed by atoms with Crippen molar-refractivity contribution in [1.29, 1.82) is 0 Å². The van der Waals surface area contributed by atoms with Crippen LogP contribution >= 0.6 is 11.3 Å². The van der Waals surface area contributed by atoms with Gasteiger partial charge in [-0.25, -0.2) is 4.98 Å². The van der Waals surface area contributed by atoms with Gasteiger partial charge in [0, 0.05) is 17.3 Å². The fourth-order valence-corrected chi connectivity index (χ4v) is 5.01. The molecule has 1 amide bonds. The lowest BCUT2D eigenvalue weighted by Crippen LogP contribution is -2.36. The van der Waals surface area contributed by atoms with E-state index in [2.05, 4.69) is 26.8 Å². The normalized spacial score (nSPS) is 14.7. The Bertz CT molecular complexity index is 1380. The Morgan fingerprint density at radius 3 is 2.72 bits per heavy atom. The van der Waals surface area contributed by atoms with Crippen molar-refractivity contribution < 1.29 is 4.79 Å². The molecule has 0 radical (unpaired) electrons. The van der Waals surface area contributed by atoms with E-state index in [1.54, 1.807) is 18.2 Å². The van der Waals surface area contributed by atoms with Crippen molar-refractivity contribution >= 4 is 43.9 Å². The summed E-state index contributed by atoms with van der Waals surface area (Å²) < 4.78 is 1.32. The van der Waals surface area contributed by atoms with Gasteiger partial charge in [0.1, 0.15) is 0 Å². The minimum Gasteiger partial charge on any atom is -0.349 e. The third-order valence-electron chi connectivity index (χ3n) is 6.03. The van der Waals surface area contributed by atoms with Crippen molar-refractivity contribution in [1.82, 2.24) is 19.9 Å². The molecule has 1 fully saturated rings. The first kappa shape index (κ1) is 20.6. The molecule has 0 atom stereocenters. The van der Waals surface area contributed by atoms with Crippen LogP contribution in [0.15, 0.2) is 41.2 Å². The van der Waals surface area contributed by atoms with Crippen LogP contribution in [0.3, 0.4) is 0 Å². The smallest absolute Gasteiger partial charge is 0.283 e. The molecular formula is C24H25N5O2S. The number of hydrogen-bond acceptors (Lipinski definition) is 6. The van der Waals surface area contributed by atoms with Gasteiger partial charge in [0.25, 0.3) is 11.5 Å². The summed E-state index contributed by atoms with van der Waals surface area (Å²) in [6, 6.07) is 11.4. The fraction of sp³-hybridized carbons (Fsp3) is 0.333. The second kappa shape index (κ2) is 8.35. The van der Waals surface area contributed by atoms with Crippen molar-refractivity contribution in [2.45, 2.75) is 52.0 Å². The van der Waals surface area contributed by atoms with Crippen LogP contribution < -0.4 is 16.2 Å². The summed E-state index contributed by atoms with van der Waals surface area (Å²) in [5.74, 6) is -0.109. The summed E-state index contributed by atoms with van der Waals surface area (Å²) in [5.41, 5.74) is 3.97. The molecule has 32 heavy (non-hydrogen) atoms. The van der Waals surface area contributed by atoms with Crippen LogP contribution in [0, 0.1) is 13.8 Å². The van der Waals surface area contributed by atoms with Crippen LogP contribution in [-0.4, -0.2) is 26.5 Å². The zero-order chi connectivity index (χ0) is 22.2. The zero-order valence-electron chi connectivity index (χ0n) is 18.1. The van der Waals surface area contributed by atoms with Crippen LogP contribution in [0.25, 0.3) is 15.9 Å². The largest absolute Gasteiger partial charge is 0.349 e. The lowest BCUT2D eigenvalue weighted by molar-refractivity contribution is 0.0928. The molecule has 0 unspecified atom stereocenters. The number of nitrogens with zero attached hydrogens (tertiary/aromatic N) is 3. The van der Waals surface area contributed by atoms with Gasteiger partial charge in [-0.2, -0.15) is 4.52 Å². The predicted octanol–water partition coefficient (Wildman–Crippen LogP) is 4.73. The summed E-state index contributed by atoms with van der Waals surface area (Å²) in [6.07, 6.45) is 5.60. The van der Waals surface area contributed by atoms with Gasteiger partial charge in [0.2, 0.25) is 10.1 Å². The second-order valence-electron chi connectivity index (χ2n) is 8.50. The Morgan fingerprint density at radius 2 is 1.91 bits per heavy atom. The van der Waals surface area contributed by atoms with Gasteiger partial charge in [-0.05, 0) is 62.1 Å². The Kier molecular flexibility index (Phi) is 5.38. The van der Waals surface area contributed by atoms with E-state index in [0.717, 1.165) is 42.5 Å². The van der Waals surface area contributed by atoms with Gasteiger partial charge in [0.05, 0.1) is 10.9 Å². The Labute approximate surface area is 189 Å². The molecule has 8 heteroatoms. The molecule has 5 rings (SSSR count). The van der Waals surface area contributed by atoms with Gasteiger partial charge in [-0.3, -0.25) is 9.59 Å². The summed E-state index contributed by atoms with van der Waals surface area (Å²) in [6.45, 7) is 4.05. The van der Waals surface area contributed by atoms with Crippen LogP contribution in [0.2, 0.25) is 0 Å². The molecule has 0 saturated heterocycles. The number of amides is 1. The van der Waals surface area contributed by atoms with Gasteiger partial charge in [-0.15, -0.1) is 5.10 Å². The van der Waals surface area contributed by atoms with Crippen molar-refractivity contribution in [2.75, 3.05) is 5.32 Å². The van der Waals surface area contributed by atoms with Crippen LogP contribution in [-0.2, 0) is 0 Å². The predicted molar refractivity (Wildman–Crippen MR) is 128 cm³/mol. The highest BCUT2D eigenvalue weighted by molar-refractivity contribution is 7.20. The molecule has 0 spiro atoms. The van der Waals surface area contributed by atoms with E-state index in [1.807, 2.05) is 26.0 Å². The number of rotatable bonds is 4. The van der Waals surface area contributed by atoms with Crippen molar-refractivity contribution in [3.8, 4) is 0 Å². The average Bonchev–Trinajstić information content (AvgIpc) is 3.19. The first-order valence-electron chi connectivity index (χ1n) is 11.0. The molecule has 164 valence electrons. The molecule has 7 nitrogen and oxygen atoms in total. The number of carbonyl (C=O) groups excluding carboxylic acids is 1. The molecule has 2 aromatic heterocycles. The summed E-state index contributed by atoms with van der Waals surface area (Å²) in [5, 5.41) is 11.9. The van der Waals surface area contributed by atoms with E-state index in [9.17, 15) is 9.59 Å². The van der Waals surface area contributed by atoms with E-state index < -0.39 is 0 Å². The van der Waals surface area contributed by atoms with Crippen LogP contribution in [0.4, 0.5) is 10.8 Å². The highest BCUT2D eigenvalue weighted by Gasteiger charge is 2.18. The topological polar surface area (TPSA) is 88.4 Å². The molecule has 0 aliphatic heterocycles. The van der Waals surface area contributed by atoms with E-state index in [4.69, 9.17) is 0 Å². The highest BCUT2D eigenvalue weighted by Crippen LogP contribution is 2.26. The molecule has 2 aromatic carbocycles. The van der Waals surface area contributed by atoms with Gasteiger partial charge < -0.3 is 10.6 Å². The number of aromatic nitrogens is 3. The summed E-state index contributed by atoms with van der Waals surface area (Å²) in [4.78, 5) is 30.9. The minimum absolute atomic E-state index is 0.109. The third-order valence-corrected chi connectivity index (χ3v) is 6.86. The monoisotopic (exact) mass is 447 g/mol. The fourth-order valence-electron chi connectivity index (χ4n) is 4.20. The summed E-state index contributed by atoms with van der Waals surface area (Å²) in [7, 11) is 0. The first-order valence-corrected chi connectivity index (χ1v) is 11.8. The number of anilines is 2. The van der Waals surface area contributed by atoms with E-state index >= 15 is 0 Å². The SMILES string of the molecule is Cc1ccc(C)c(Nc2nn3c(=O)c4ccc(C(=O)NC5CCCCC5)cc4nc3s2)c1. The number of benzene rings is 2. The average molecular weight is 448 g/mol. The quantitative estimate of drug-likeness (QED) is 0.472. The lowest BCUT2D eigenvalue weighted by atomic mass is 9.95. The second-order valence-corrected chi connectivity index (χ2v) is 9.46. The molecule has 1 aliphatic carbocycles. The van der Waals surface area contributed by atoms with Crippen molar-refractivity contribution in [3.63, 3.8) is 0 Å². The number of aryl methyl sites for hydroxylation is 2.